The van der Waals surface area contributed by atoms with Crippen LogP contribution in [-0.4, -0.2) is 6.04 Å². The van der Waals surface area contributed by atoms with Crippen molar-refractivity contribution in [1.29, 1.82) is 0 Å². The summed E-state index contributed by atoms with van der Waals surface area (Å²) in [6.07, 6.45) is 5.22. The number of nitrogens with one attached hydrogen (secondary N) is 1. The van der Waals surface area contributed by atoms with Crippen LogP contribution in [0.15, 0.2) is 18.2 Å². The smallest absolute Gasteiger partial charge is 0.0410 e. The Kier molecular flexibility index (Phi) is 3.67. The lowest BCUT2D eigenvalue weighted by Gasteiger charge is -2.36. The average molecular weight is 252 g/mol. The van der Waals surface area contributed by atoms with E-state index in [0.29, 0.717) is 11.5 Å². The van der Waals surface area contributed by atoms with Crippen LogP contribution >= 0.6 is 11.6 Å². The second-order valence-corrected chi connectivity index (χ2v) is 6.50. The van der Waals surface area contributed by atoms with Gasteiger partial charge in [0.25, 0.3) is 0 Å². The lowest BCUT2D eigenvalue weighted by atomic mass is 9.75. The molecule has 1 aliphatic carbocycles. The van der Waals surface area contributed by atoms with Crippen LogP contribution in [0, 0.1) is 12.3 Å². The Balaban J connectivity index is 2.05. The molecule has 94 valence electrons. The zero-order valence-corrected chi connectivity index (χ0v) is 11.8. The van der Waals surface area contributed by atoms with Crippen molar-refractivity contribution in [2.75, 3.05) is 5.32 Å². The monoisotopic (exact) mass is 251 g/mol. The second kappa shape index (κ2) is 4.89. The third kappa shape index (κ3) is 3.38. The molecule has 1 N–H and O–H groups in total. The summed E-state index contributed by atoms with van der Waals surface area (Å²) in [4.78, 5) is 0. The van der Waals surface area contributed by atoms with E-state index in [9.17, 15) is 0 Å². The first-order valence-electron chi connectivity index (χ1n) is 6.49. The van der Waals surface area contributed by atoms with Crippen LogP contribution in [0.5, 0.6) is 0 Å². The van der Waals surface area contributed by atoms with Gasteiger partial charge in [-0.1, -0.05) is 31.9 Å². The summed E-state index contributed by atoms with van der Waals surface area (Å²) >= 11 is 5.98. The van der Waals surface area contributed by atoms with Crippen molar-refractivity contribution < 1.29 is 0 Å². The third-order valence-corrected chi connectivity index (χ3v) is 3.99. The molecule has 1 aliphatic rings. The molecule has 0 aromatic heterocycles. The van der Waals surface area contributed by atoms with E-state index >= 15 is 0 Å². The fraction of sp³-hybridized carbons (Fsp3) is 0.600. The zero-order chi connectivity index (χ0) is 12.5. The van der Waals surface area contributed by atoms with E-state index in [4.69, 9.17) is 11.6 Å². The van der Waals surface area contributed by atoms with Crippen LogP contribution in [0.25, 0.3) is 0 Å². The van der Waals surface area contributed by atoms with Gasteiger partial charge in [0.05, 0.1) is 0 Å². The molecule has 0 radical (unpaired) electrons. The van der Waals surface area contributed by atoms with Gasteiger partial charge in [-0.2, -0.15) is 0 Å². The van der Waals surface area contributed by atoms with Gasteiger partial charge in [0.1, 0.15) is 0 Å². The molecule has 1 saturated carbocycles. The molecule has 1 aromatic rings. The van der Waals surface area contributed by atoms with Gasteiger partial charge in [0.2, 0.25) is 0 Å². The first-order valence-corrected chi connectivity index (χ1v) is 6.87. The first-order chi connectivity index (χ1) is 7.96. The topological polar surface area (TPSA) is 12.0 Å². The van der Waals surface area contributed by atoms with Gasteiger partial charge in [-0.05, 0) is 55.4 Å². The summed E-state index contributed by atoms with van der Waals surface area (Å²) in [5, 5.41) is 4.49. The number of hydrogen-bond donors (Lipinski definition) is 1. The molecule has 1 aromatic carbocycles. The zero-order valence-electron chi connectivity index (χ0n) is 11.0. The first kappa shape index (κ1) is 12.8. The Hall–Kier alpha value is -0.690. The van der Waals surface area contributed by atoms with Crippen LogP contribution in [0.3, 0.4) is 0 Å². The van der Waals surface area contributed by atoms with Crippen molar-refractivity contribution in [3.8, 4) is 0 Å². The van der Waals surface area contributed by atoms with Crippen molar-refractivity contribution >= 4 is 17.3 Å². The van der Waals surface area contributed by atoms with Crippen molar-refractivity contribution in [3.05, 3.63) is 28.8 Å². The van der Waals surface area contributed by atoms with Gasteiger partial charge >= 0.3 is 0 Å². The Labute approximate surface area is 110 Å². The van der Waals surface area contributed by atoms with E-state index in [2.05, 4.69) is 32.2 Å². The maximum Gasteiger partial charge on any atom is 0.0410 e. The Morgan fingerprint density at radius 3 is 2.76 bits per heavy atom. The van der Waals surface area contributed by atoms with Crippen molar-refractivity contribution in [1.82, 2.24) is 0 Å². The Bertz CT molecular complexity index is 398. The molecule has 0 heterocycles. The third-order valence-electron chi connectivity index (χ3n) is 3.75. The van der Waals surface area contributed by atoms with Gasteiger partial charge < -0.3 is 5.32 Å². The number of hydrogen-bond acceptors (Lipinski definition) is 1. The second-order valence-electron chi connectivity index (χ2n) is 6.06. The molecule has 0 saturated heterocycles. The summed E-state index contributed by atoms with van der Waals surface area (Å²) in [5.41, 5.74) is 2.95. The molecule has 0 aliphatic heterocycles. The van der Waals surface area contributed by atoms with Crippen molar-refractivity contribution in [2.24, 2.45) is 5.41 Å². The van der Waals surface area contributed by atoms with Crippen molar-refractivity contribution in [3.63, 3.8) is 0 Å². The SMILES string of the molecule is Cc1cc(Cl)ccc1NC1CCCC(C)(C)C1. The van der Waals surface area contributed by atoms with E-state index in [1.165, 1.54) is 36.9 Å². The van der Waals surface area contributed by atoms with Gasteiger partial charge in [-0.25, -0.2) is 0 Å². The number of anilines is 1. The molecule has 0 bridgehead atoms. The number of aryl methyl sites for hydroxylation is 1. The average Bonchev–Trinajstić information content (AvgIpc) is 2.21. The fourth-order valence-corrected chi connectivity index (χ4v) is 3.06. The molecule has 2 heteroatoms. The minimum Gasteiger partial charge on any atom is -0.382 e. The minimum atomic E-state index is 0.482. The van der Waals surface area contributed by atoms with Crippen LogP contribution in [0.2, 0.25) is 5.02 Å². The molecule has 0 spiro atoms. The summed E-state index contributed by atoms with van der Waals surface area (Å²) in [7, 11) is 0. The van der Waals surface area contributed by atoms with E-state index in [-0.39, 0.29) is 0 Å². The van der Waals surface area contributed by atoms with E-state index in [1.807, 2.05) is 12.1 Å². The Morgan fingerprint density at radius 2 is 2.12 bits per heavy atom. The molecular formula is C15H22ClN. The lowest BCUT2D eigenvalue weighted by molar-refractivity contribution is 0.229. The molecular weight excluding hydrogens is 230 g/mol. The maximum atomic E-state index is 5.98. The highest BCUT2D eigenvalue weighted by Gasteiger charge is 2.27. The van der Waals surface area contributed by atoms with Crippen LogP contribution in [-0.2, 0) is 0 Å². The van der Waals surface area contributed by atoms with E-state index in [0.717, 1.165) is 5.02 Å². The van der Waals surface area contributed by atoms with Crippen LogP contribution in [0.4, 0.5) is 5.69 Å². The van der Waals surface area contributed by atoms with Crippen LogP contribution in [0.1, 0.15) is 45.1 Å². The van der Waals surface area contributed by atoms with E-state index in [1.54, 1.807) is 0 Å². The molecule has 1 unspecified atom stereocenters. The summed E-state index contributed by atoms with van der Waals surface area (Å²) in [5.74, 6) is 0. The molecule has 17 heavy (non-hydrogen) atoms. The minimum absolute atomic E-state index is 0.482. The molecule has 1 atom stereocenters. The Morgan fingerprint density at radius 1 is 1.35 bits per heavy atom. The standard InChI is InChI=1S/C15H22ClN/c1-11-9-12(16)6-7-14(11)17-13-5-4-8-15(2,3)10-13/h6-7,9,13,17H,4-5,8,10H2,1-3H3. The van der Waals surface area contributed by atoms with Gasteiger partial charge in [-0.15, -0.1) is 0 Å². The fourth-order valence-electron chi connectivity index (χ4n) is 2.83. The van der Waals surface area contributed by atoms with Crippen molar-refractivity contribution in [2.45, 2.75) is 52.5 Å². The van der Waals surface area contributed by atoms with Gasteiger partial charge in [-0.3, -0.25) is 0 Å². The molecule has 2 rings (SSSR count). The predicted octanol–water partition coefficient (Wildman–Crippen LogP) is 5.03. The summed E-state index contributed by atoms with van der Waals surface area (Å²) < 4.78 is 0. The lowest BCUT2D eigenvalue weighted by Crippen LogP contribution is -2.31. The molecule has 0 amide bonds. The normalized spacial score (nSPS) is 23.4. The largest absolute Gasteiger partial charge is 0.382 e. The van der Waals surface area contributed by atoms with Gasteiger partial charge in [0, 0.05) is 16.8 Å². The summed E-state index contributed by atoms with van der Waals surface area (Å²) in [6.45, 7) is 6.85. The maximum absolute atomic E-state index is 5.98. The number of halogens is 1. The highest BCUT2D eigenvalue weighted by Crippen LogP contribution is 2.36. The highest BCUT2D eigenvalue weighted by atomic mass is 35.5. The highest BCUT2D eigenvalue weighted by molar-refractivity contribution is 6.30. The van der Waals surface area contributed by atoms with Gasteiger partial charge in [0.15, 0.2) is 0 Å². The van der Waals surface area contributed by atoms with Crippen LogP contribution < -0.4 is 5.32 Å². The quantitative estimate of drug-likeness (QED) is 0.778. The predicted molar refractivity (Wildman–Crippen MR) is 75.8 cm³/mol. The number of benzene rings is 1. The number of rotatable bonds is 2. The molecule has 1 fully saturated rings. The molecule has 1 nitrogen and oxygen atoms in total. The summed E-state index contributed by atoms with van der Waals surface area (Å²) in [6, 6.07) is 6.70. The van der Waals surface area contributed by atoms with E-state index < -0.39 is 0 Å².